The Morgan fingerprint density at radius 2 is 0.977 bits per heavy atom. The Bertz CT molecular complexity index is 1890. The molecule has 0 saturated heterocycles. The lowest BCUT2D eigenvalue weighted by atomic mass is 10.0. The van der Waals surface area contributed by atoms with Crippen LogP contribution in [-0.2, 0) is 9.47 Å². The number of nitrogens with one attached hydrogen (secondary N) is 2. The van der Waals surface area contributed by atoms with Gasteiger partial charge in [-0.05, 0) is 72.8 Å². The number of carbonyl (C=O) groups excluding carboxylic acids is 6. The second-order valence-corrected chi connectivity index (χ2v) is 9.85. The number of benzene rings is 4. The van der Waals surface area contributed by atoms with Crippen LogP contribution in [0, 0.1) is 0 Å². The monoisotopic (exact) mass is 588 g/mol. The lowest BCUT2D eigenvalue weighted by molar-refractivity contribution is 0.0442. The predicted octanol–water partition coefficient (Wildman–Crippen LogP) is 4.04. The highest BCUT2D eigenvalue weighted by Crippen LogP contribution is 2.30. The molecule has 44 heavy (non-hydrogen) atoms. The van der Waals surface area contributed by atoms with E-state index in [2.05, 4.69) is 21.9 Å². The van der Waals surface area contributed by atoms with Crippen molar-refractivity contribution >= 4 is 64.0 Å². The third-order valence-electron chi connectivity index (χ3n) is 7.05. The summed E-state index contributed by atoms with van der Waals surface area (Å²) < 4.78 is 9.54. The average Bonchev–Trinajstić information content (AvgIpc) is 3.46. The Morgan fingerprint density at radius 3 is 1.52 bits per heavy atom. The molecule has 4 aromatic rings. The number of ketones is 1. The van der Waals surface area contributed by atoms with Crippen molar-refractivity contribution in [3.8, 4) is 0 Å². The standard InChI is InChI=1S/C32H20N4O8/c1-14-19-6-2-17(10-21(19)31(41)43-14)28(38)35-25-12-15(4-8-23(25)33)27(37)16-5-9-24(34)26(13-16)36-29(39)18-3-7-20-22(11-18)32(42)44-30(20)40/h2-13H,1,33-34H2,(H,35,38)(H,36,39). The molecule has 216 valence electrons. The molecule has 0 radical (unpaired) electrons. The Kier molecular flexibility index (Phi) is 6.50. The summed E-state index contributed by atoms with van der Waals surface area (Å²) in [6, 6.07) is 17.0. The SMILES string of the molecule is C=C1OC(=O)c2cc(C(=O)Nc3cc(C(=O)c4ccc(N)c(NC(=O)c5ccc6c(c5)C(=O)OC6=O)c4)ccc3N)ccc21. The van der Waals surface area contributed by atoms with Crippen LogP contribution in [0.3, 0.4) is 0 Å². The number of carbonyl (C=O) groups is 6. The largest absolute Gasteiger partial charge is 0.423 e. The van der Waals surface area contributed by atoms with E-state index in [1.165, 1.54) is 66.7 Å². The normalized spacial score (nSPS) is 13.1. The van der Waals surface area contributed by atoms with E-state index in [4.69, 9.17) is 16.2 Å². The number of anilines is 4. The minimum Gasteiger partial charge on any atom is -0.423 e. The van der Waals surface area contributed by atoms with Gasteiger partial charge in [0.2, 0.25) is 0 Å². The first-order valence-corrected chi connectivity index (χ1v) is 12.9. The van der Waals surface area contributed by atoms with Gasteiger partial charge in [-0.2, -0.15) is 0 Å². The van der Waals surface area contributed by atoms with Crippen molar-refractivity contribution in [2.45, 2.75) is 0 Å². The zero-order valence-electron chi connectivity index (χ0n) is 22.6. The number of esters is 3. The first kappa shape index (κ1) is 27.6. The van der Waals surface area contributed by atoms with E-state index in [1.807, 2.05) is 0 Å². The third-order valence-corrected chi connectivity index (χ3v) is 7.05. The van der Waals surface area contributed by atoms with Gasteiger partial charge in [-0.1, -0.05) is 6.58 Å². The van der Waals surface area contributed by atoms with Crippen LogP contribution in [0.1, 0.15) is 73.3 Å². The zero-order valence-corrected chi connectivity index (χ0v) is 22.6. The molecule has 2 aliphatic heterocycles. The van der Waals surface area contributed by atoms with Crippen molar-refractivity contribution in [3.05, 3.63) is 124 Å². The fourth-order valence-corrected chi connectivity index (χ4v) is 4.71. The third kappa shape index (κ3) is 4.81. The van der Waals surface area contributed by atoms with Crippen molar-refractivity contribution < 1.29 is 38.2 Å². The fourth-order valence-electron chi connectivity index (χ4n) is 4.71. The van der Waals surface area contributed by atoms with Gasteiger partial charge in [0, 0.05) is 27.8 Å². The van der Waals surface area contributed by atoms with Gasteiger partial charge >= 0.3 is 17.9 Å². The van der Waals surface area contributed by atoms with E-state index in [1.54, 1.807) is 6.07 Å². The molecule has 0 aliphatic carbocycles. The molecule has 0 bridgehead atoms. The number of rotatable bonds is 6. The number of cyclic esters (lactones) is 3. The van der Waals surface area contributed by atoms with E-state index in [9.17, 15) is 28.8 Å². The molecule has 12 heteroatoms. The molecular formula is C32H20N4O8. The van der Waals surface area contributed by atoms with E-state index < -0.39 is 35.5 Å². The van der Waals surface area contributed by atoms with Crippen molar-refractivity contribution in [2.75, 3.05) is 22.1 Å². The van der Waals surface area contributed by atoms with Gasteiger partial charge < -0.3 is 31.6 Å². The molecule has 0 fully saturated rings. The first-order chi connectivity index (χ1) is 21.0. The molecule has 6 rings (SSSR count). The highest BCUT2D eigenvalue weighted by molar-refractivity contribution is 6.17. The summed E-state index contributed by atoms with van der Waals surface area (Å²) in [7, 11) is 0. The zero-order chi connectivity index (χ0) is 31.3. The molecule has 0 unspecified atom stereocenters. The van der Waals surface area contributed by atoms with E-state index in [-0.39, 0.29) is 67.5 Å². The molecule has 2 aliphatic rings. The first-order valence-electron chi connectivity index (χ1n) is 12.9. The van der Waals surface area contributed by atoms with Gasteiger partial charge in [0.15, 0.2) is 5.78 Å². The molecular weight excluding hydrogens is 568 g/mol. The van der Waals surface area contributed by atoms with Gasteiger partial charge in [-0.25, -0.2) is 14.4 Å². The van der Waals surface area contributed by atoms with Crippen LogP contribution in [0.2, 0.25) is 0 Å². The average molecular weight is 589 g/mol. The summed E-state index contributed by atoms with van der Waals surface area (Å²) in [6.45, 7) is 3.66. The fraction of sp³-hybridized carbons (Fsp3) is 0. The summed E-state index contributed by atoms with van der Waals surface area (Å²) in [5.41, 5.74) is 14.0. The van der Waals surface area contributed by atoms with Gasteiger partial charge in [0.05, 0.1) is 39.4 Å². The Labute approximate surface area is 248 Å². The summed E-state index contributed by atoms with van der Waals surface area (Å²) in [5.74, 6) is -3.74. The Hall–Kier alpha value is -6.56. The Morgan fingerprint density at radius 1 is 0.545 bits per heavy atom. The van der Waals surface area contributed by atoms with Crippen LogP contribution in [0.25, 0.3) is 5.76 Å². The molecule has 12 nitrogen and oxygen atoms in total. The summed E-state index contributed by atoms with van der Waals surface area (Å²) in [6.07, 6.45) is 0. The number of amides is 2. The van der Waals surface area contributed by atoms with Gasteiger partial charge in [0.25, 0.3) is 11.8 Å². The molecule has 0 aromatic heterocycles. The van der Waals surface area contributed by atoms with Gasteiger partial charge in [-0.3, -0.25) is 14.4 Å². The predicted molar refractivity (Wildman–Crippen MR) is 158 cm³/mol. The van der Waals surface area contributed by atoms with E-state index in [0.717, 1.165) is 0 Å². The molecule has 4 aromatic carbocycles. The lowest BCUT2D eigenvalue weighted by Crippen LogP contribution is -2.15. The smallest absolute Gasteiger partial charge is 0.346 e. The number of ether oxygens (including phenoxy) is 2. The number of hydrogen-bond acceptors (Lipinski definition) is 10. The topological polar surface area (TPSA) is 197 Å². The van der Waals surface area contributed by atoms with Crippen molar-refractivity contribution in [2.24, 2.45) is 0 Å². The van der Waals surface area contributed by atoms with Crippen LogP contribution in [-0.4, -0.2) is 35.5 Å². The highest BCUT2D eigenvalue weighted by Gasteiger charge is 2.30. The van der Waals surface area contributed by atoms with Crippen molar-refractivity contribution in [1.29, 1.82) is 0 Å². The van der Waals surface area contributed by atoms with Crippen LogP contribution in [0.5, 0.6) is 0 Å². The van der Waals surface area contributed by atoms with Crippen molar-refractivity contribution in [3.63, 3.8) is 0 Å². The van der Waals surface area contributed by atoms with Crippen LogP contribution >= 0.6 is 0 Å². The van der Waals surface area contributed by atoms with Crippen LogP contribution in [0.4, 0.5) is 22.7 Å². The number of nitrogens with two attached hydrogens (primary N) is 2. The van der Waals surface area contributed by atoms with E-state index in [0.29, 0.717) is 5.56 Å². The second-order valence-electron chi connectivity index (χ2n) is 9.85. The maximum absolute atomic E-state index is 13.4. The van der Waals surface area contributed by atoms with E-state index >= 15 is 0 Å². The maximum Gasteiger partial charge on any atom is 0.346 e. The summed E-state index contributed by atoms with van der Waals surface area (Å²) in [4.78, 5) is 74.9. The summed E-state index contributed by atoms with van der Waals surface area (Å²) >= 11 is 0. The Balaban J connectivity index is 1.21. The minimum absolute atomic E-state index is 0.0321. The highest BCUT2D eigenvalue weighted by atomic mass is 16.6. The second kappa shape index (κ2) is 10.4. The van der Waals surface area contributed by atoms with Crippen LogP contribution in [0.15, 0.2) is 79.4 Å². The number of nitrogen functional groups attached to an aromatic ring is 2. The van der Waals surface area contributed by atoms with Crippen LogP contribution < -0.4 is 22.1 Å². The molecule has 2 amide bonds. The molecule has 0 spiro atoms. The number of hydrogen-bond donors (Lipinski definition) is 4. The van der Waals surface area contributed by atoms with Gasteiger partial charge in [-0.15, -0.1) is 0 Å². The lowest BCUT2D eigenvalue weighted by Gasteiger charge is -2.12. The molecule has 2 heterocycles. The molecule has 0 saturated carbocycles. The maximum atomic E-state index is 13.4. The summed E-state index contributed by atoms with van der Waals surface area (Å²) in [5, 5.41) is 5.27. The molecule has 6 N–H and O–H groups in total. The molecule has 0 atom stereocenters. The van der Waals surface area contributed by atoms with Gasteiger partial charge in [0.1, 0.15) is 5.76 Å². The quantitative estimate of drug-likeness (QED) is 0.110. The number of fused-ring (bicyclic) bond motifs is 2. The minimum atomic E-state index is -0.853. The van der Waals surface area contributed by atoms with Crippen molar-refractivity contribution in [1.82, 2.24) is 0 Å².